The van der Waals surface area contributed by atoms with Crippen molar-refractivity contribution in [2.45, 2.75) is 26.7 Å². The molecule has 0 fully saturated rings. The molecule has 0 aliphatic heterocycles. The zero-order chi connectivity index (χ0) is 19.4. The molecule has 0 radical (unpaired) electrons. The molecule has 1 amide bonds. The number of Topliss-reactive ketones (excluding diaryl/α,β-unsaturated/α-hetero) is 1. The monoisotopic (exact) mass is 363 g/mol. The van der Waals surface area contributed by atoms with Crippen LogP contribution in [0.5, 0.6) is 0 Å². The summed E-state index contributed by atoms with van der Waals surface area (Å²) in [5, 5.41) is 14.2. The van der Waals surface area contributed by atoms with E-state index >= 15 is 0 Å². The van der Waals surface area contributed by atoms with Crippen LogP contribution in [0.15, 0.2) is 42.5 Å². The van der Waals surface area contributed by atoms with Crippen molar-refractivity contribution in [3.63, 3.8) is 0 Å². The molecular weight excluding hydrogens is 342 g/mol. The fourth-order valence-electron chi connectivity index (χ4n) is 2.83. The zero-order valence-corrected chi connectivity index (χ0v) is 15.6. The van der Waals surface area contributed by atoms with E-state index in [-0.39, 0.29) is 24.5 Å². The fourth-order valence-corrected chi connectivity index (χ4v) is 2.83. The maximum Gasteiger partial charge on any atom is 0.224 e. The number of carbonyl (C=O) groups is 2. The minimum Gasteiger partial charge on any atom is -0.326 e. The third kappa shape index (κ3) is 4.44. The molecule has 7 heteroatoms. The van der Waals surface area contributed by atoms with Crippen LogP contribution in [0.3, 0.4) is 0 Å². The van der Waals surface area contributed by atoms with E-state index in [1.54, 1.807) is 23.9 Å². The van der Waals surface area contributed by atoms with Gasteiger partial charge in [-0.1, -0.05) is 29.8 Å². The first kappa shape index (κ1) is 18.4. The summed E-state index contributed by atoms with van der Waals surface area (Å²) in [5.41, 5.74) is 4.07. The molecule has 0 saturated carbocycles. The van der Waals surface area contributed by atoms with Crippen molar-refractivity contribution < 1.29 is 9.59 Å². The number of amides is 1. The smallest absolute Gasteiger partial charge is 0.224 e. The lowest BCUT2D eigenvalue weighted by atomic mass is 9.99. The van der Waals surface area contributed by atoms with E-state index in [0.717, 1.165) is 16.7 Å². The van der Waals surface area contributed by atoms with Gasteiger partial charge < -0.3 is 5.32 Å². The lowest BCUT2D eigenvalue weighted by Crippen LogP contribution is -2.14. The SMILES string of the molecule is Cc1ccc(C)c(C(=O)CCC(=O)Nc2cccc(-c3nnnn3C)c2)c1. The van der Waals surface area contributed by atoms with Crippen molar-refractivity contribution in [2.24, 2.45) is 7.05 Å². The van der Waals surface area contributed by atoms with Gasteiger partial charge in [0.25, 0.3) is 0 Å². The lowest BCUT2D eigenvalue weighted by Gasteiger charge is -2.08. The van der Waals surface area contributed by atoms with E-state index in [4.69, 9.17) is 0 Å². The van der Waals surface area contributed by atoms with Crippen LogP contribution in [0.2, 0.25) is 0 Å². The summed E-state index contributed by atoms with van der Waals surface area (Å²) in [7, 11) is 1.75. The molecule has 2 aromatic carbocycles. The van der Waals surface area contributed by atoms with Gasteiger partial charge in [0.1, 0.15) is 0 Å². The normalized spacial score (nSPS) is 10.6. The average molecular weight is 363 g/mol. The number of aryl methyl sites for hydroxylation is 3. The molecule has 138 valence electrons. The first-order chi connectivity index (χ1) is 12.9. The molecule has 1 aromatic heterocycles. The summed E-state index contributed by atoms with van der Waals surface area (Å²) >= 11 is 0. The Morgan fingerprint density at radius 3 is 2.63 bits per heavy atom. The molecule has 3 aromatic rings. The predicted octanol–water partition coefficient (Wildman–Crippen LogP) is 3.10. The average Bonchev–Trinajstić information content (AvgIpc) is 3.08. The van der Waals surface area contributed by atoms with Gasteiger partial charge in [0.15, 0.2) is 11.6 Å². The van der Waals surface area contributed by atoms with Crippen LogP contribution in [0.25, 0.3) is 11.4 Å². The topological polar surface area (TPSA) is 89.8 Å². The van der Waals surface area contributed by atoms with Gasteiger partial charge in [-0.25, -0.2) is 4.68 Å². The van der Waals surface area contributed by atoms with Crippen molar-refractivity contribution in [3.05, 3.63) is 59.2 Å². The Kier molecular flexibility index (Phi) is 5.40. The molecule has 27 heavy (non-hydrogen) atoms. The highest BCUT2D eigenvalue weighted by Crippen LogP contribution is 2.20. The van der Waals surface area contributed by atoms with Crippen LogP contribution >= 0.6 is 0 Å². The number of benzene rings is 2. The summed E-state index contributed by atoms with van der Waals surface area (Å²) in [5.74, 6) is 0.378. The number of rotatable bonds is 6. The second-order valence-corrected chi connectivity index (χ2v) is 6.50. The summed E-state index contributed by atoms with van der Waals surface area (Å²) < 4.78 is 1.56. The summed E-state index contributed by atoms with van der Waals surface area (Å²) in [6, 6.07) is 13.0. The summed E-state index contributed by atoms with van der Waals surface area (Å²) in [6.07, 6.45) is 0.297. The van der Waals surface area contributed by atoms with Crippen molar-refractivity contribution >= 4 is 17.4 Å². The van der Waals surface area contributed by atoms with E-state index in [0.29, 0.717) is 17.1 Å². The maximum absolute atomic E-state index is 12.4. The number of nitrogens with zero attached hydrogens (tertiary/aromatic N) is 4. The standard InChI is InChI=1S/C20H21N5O2/c1-13-7-8-14(2)17(11-13)18(26)9-10-19(27)21-16-6-4-5-15(12-16)20-22-23-24-25(20)3/h4-8,11-12H,9-10H2,1-3H3,(H,21,27). The Bertz CT molecular complexity index is 994. The van der Waals surface area contributed by atoms with Crippen LogP contribution in [0.1, 0.15) is 34.3 Å². The van der Waals surface area contributed by atoms with Gasteiger partial charge in [-0.05, 0) is 48.0 Å². The molecule has 1 N–H and O–H groups in total. The van der Waals surface area contributed by atoms with Crippen LogP contribution in [0.4, 0.5) is 5.69 Å². The number of aromatic nitrogens is 4. The Labute approximate surface area is 157 Å². The van der Waals surface area contributed by atoms with Crippen molar-refractivity contribution in [2.75, 3.05) is 5.32 Å². The van der Waals surface area contributed by atoms with Gasteiger partial charge >= 0.3 is 0 Å². The number of tetrazole rings is 1. The summed E-state index contributed by atoms with van der Waals surface area (Å²) in [6.45, 7) is 3.85. The first-order valence-corrected chi connectivity index (χ1v) is 8.67. The lowest BCUT2D eigenvalue weighted by molar-refractivity contribution is -0.116. The largest absolute Gasteiger partial charge is 0.326 e. The molecule has 1 heterocycles. The van der Waals surface area contributed by atoms with Crippen LogP contribution in [0, 0.1) is 13.8 Å². The Balaban J connectivity index is 1.62. The molecule has 0 aliphatic carbocycles. The Morgan fingerprint density at radius 2 is 1.89 bits per heavy atom. The van der Waals surface area contributed by atoms with E-state index in [9.17, 15) is 9.59 Å². The molecular formula is C20H21N5O2. The van der Waals surface area contributed by atoms with Crippen molar-refractivity contribution in [1.29, 1.82) is 0 Å². The fraction of sp³-hybridized carbons (Fsp3) is 0.250. The minimum atomic E-state index is -0.207. The zero-order valence-electron chi connectivity index (χ0n) is 15.6. The molecule has 0 atom stereocenters. The van der Waals surface area contributed by atoms with Gasteiger partial charge in [-0.3, -0.25) is 9.59 Å². The Morgan fingerprint density at radius 1 is 1.07 bits per heavy atom. The van der Waals surface area contributed by atoms with Gasteiger partial charge in [0, 0.05) is 36.7 Å². The second kappa shape index (κ2) is 7.90. The molecule has 7 nitrogen and oxygen atoms in total. The van der Waals surface area contributed by atoms with E-state index < -0.39 is 0 Å². The number of ketones is 1. The van der Waals surface area contributed by atoms with E-state index in [1.165, 1.54) is 0 Å². The van der Waals surface area contributed by atoms with Gasteiger partial charge in [-0.2, -0.15) is 0 Å². The quantitative estimate of drug-likeness (QED) is 0.680. The van der Waals surface area contributed by atoms with Crippen molar-refractivity contribution in [3.8, 4) is 11.4 Å². The third-order valence-electron chi connectivity index (χ3n) is 4.30. The highest BCUT2D eigenvalue weighted by Gasteiger charge is 2.13. The molecule has 0 aliphatic rings. The van der Waals surface area contributed by atoms with Gasteiger partial charge in [0.05, 0.1) is 0 Å². The maximum atomic E-state index is 12.4. The first-order valence-electron chi connectivity index (χ1n) is 8.67. The van der Waals surface area contributed by atoms with E-state index in [1.807, 2.05) is 44.2 Å². The van der Waals surface area contributed by atoms with Crippen LogP contribution in [-0.2, 0) is 11.8 Å². The highest BCUT2D eigenvalue weighted by atomic mass is 16.2. The third-order valence-corrected chi connectivity index (χ3v) is 4.30. The number of nitrogens with one attached hydrogen (secondary N) is 1. The van der Waals surface area contributed by atoms with Crippen LogP contribution < -0.4 is 5.32 Å². The molecule has 0 bridgehead atoms. The molecule has 3 rings (SSSR count). The molecule has 0 unspecified atom stereocenters. The number of carbonyl (C=O) groups excluding carboxylic acids is 2. The highest BCUT2D eigenvalue weighted by molar-refractivity contribution is 6.01. The van der Waals surface area contributed by atoms with Gasteiger partial charge in [0.2, 0.25) is 5.91 Å². The molecule has 0 saturated heterocycles. The number of anilines is 1. The Hall–Kier alpha value is -3.35. The van der Waals surface area contributed by atoms with Crippen LogP contribution in [-0.4, -0.2) is 31.9 Å². The van der Waals surface area contributed by atoms with Crippen molar-refractivity contribution in [1.82, 2.24) is 20.2 Å². The number of hydrogen-bond acceptors (Lipinski definition) is 5. The van der Waals surface area contributed by atoms with Gasteiger partial charge in [-0.15, -0.1) is 5.10 Å². The predicted molar refractivity (Wildman–Crippen MR) is 102 cm³/mol. The summed E-state index contributed by atoms with van der Waals surface area (Å²) in [4.78, 5) is 24.7. The molecule has 0 spiro atoms. The minimum absolute atomic E-state index is 0.0229. The number of hydrogen-bond donors (Lipinski definition) is 1. The second-order valence-electron chi connectivity index (χ2n) is 6.50. The van der Waals surface area contributed by atoms with E-state index in [2.05, 4.69) is 20.8 Å².